The highest BCUT2D eigenvalue weighted by molar-refractivity contribution is 5.74. The van der Waals surface area contributed by atoms with Gasteiger partial charge in [0.15, 0.2) is 0 Å². The van der Waals surface area contributed by atoms with Crippen LogP contribution < -0.4 is 5.32 Å². The molecule has 0 spiro atoms. The Labute approximate surface area is 116 Å². The van der Waals surface area contributed by atoms with Gasteiger partial charge >= 0.3 is 12.0 Å². The van der Waals surface area contributed by atoms with Crippen molar-refractivity contribution in [2.75, 3.05) is 19.7 Å². The maximum absolute atomic E-state index is 11.8. The van der Waals surface area contributed by atoms with Gasteiger partial charge in [-0.3, -0.25) is 4.79 Å². The van der Waals surface area contributed by atoms with Crippen LogP contribution in [0, 0.1) is 0 Å². The average molecular weight is 285 g/mol. The fourth-order valence-electron chi connectivity index (χ4n) is 1.62. The van der Waals surface area contributed by atoms with Crippen LogP contribution >= 0.6 is 0 Å². The SMILES string of the molecule is CCCN(CCO)C(=O)NCc1cn(CC(=O)O)nn1. The molecular formula is C11H19N5O4. The number of hydrogen-bond donors (Lipinski definition) is 3. The molecule has 1 aromatic rings. The molecule has 1 heterocycles. The summed E-state index contributed by atoms with van der Waals surface area (Å²) in [6.45, 7) is 2.55. The van der Waals surface area contributed by atoms with Gasteiger partial charge in [-0.2, -0.15) is 0 Å². The van der Waals surface area contributed by atoms with E-state index in [1.807, 2.05) is 6.92 Å². The second kappa shape index (κ2) is 8.10. The molecule has 20 heavy (non-hydrogen) atoms. The predicted octanol–water partition coefficient (Wildman–Crippen LogP) is -0.723. The van der Waals surface area contributed by atoms with E-state index in [0.717, 1.165) is 6.42 Å². The third-order valence-corrected chi connectivity index (χ3v) is 2.45. The zero-order chi connectivity index (χ0) is 15.0. The van der Waals surface area contributed by atoms with Crippen LogP contribution in [0.2, 0.25) is 0 Å². The Morgan fingerprint density at radius 2 is 2.20 bits per heavy atom. The second-order valence-electron chi connectivity index (χ2n) is 4.17. The largest absolute Gasteiger partial charge is 0.480 e. The molecule has 0 aliphatic heterocycles. The van der Waals surface area contributed by atoms with Gasteiger partial charge < -0.3 is 20.4 Å². The number of aliphatic hydroxyl groups is 1. The van der Waals surface area contributed by atoms with Crippen LogP contribution in [0.4, 0.5) is 4.79 Å². The van der Waals surface area contributed by atoms with Crippen LogP contribution in [-0.2, 0) is 17.9 Å². The monoisotopic (exact) mass is 285 g/mol. The highest BCUT2D eigenvalue weighted by atomic mass is 16.4. The Morgan fingerprint density at radius 3 is 2.80 bits per heavy atom. The Morgan fingerprint density at radius 1 is 1.45 bits per heavy atom. The number of carboxylic acids is 1. The molecular weight excluding hydrogens is 266 g/mol. The number of aliphatic carboxylic acids is 1. The standard InChI is InChI=1S/C11H19N5O4/c1-2-3-15(4-5-17)11(20)12-6-9-7-16(14-13-9)8-10(18)19/h7,17H,2-6,8H2,1H3,(H,12,20)(H,18,19). The lowest BCUT2D eigenvalue weighted by molar-refractivity contribution is -0.137. The minimum atomic E-state index is -1.01. The van der Waals surface area contributed by atoms with E-state index in [-0.39, 0.29) is 32.3 Å². The number of nitrogens with zero attached hydrogens (tertiary/aromatic N) is 4. The quantitative estimate of drug-likeness (QED) is 0.579. The number of carbonyl (C=O) groups excluding carboxylic acids is 1. The lowest BCUT2D eigenvalue weighted by atomic mass is 10.4. The number of rotatable bonds is 8. The van der Waals surface area contributed by atoms with Crippen LogP contribution in [0.25, 0.3) is 0 Å². The number of aliphatic hydroxyl groups excluding tert-OH is 1. The first-order chi connectivity index (χ1) is 9.56. The van der Waals surface area contributed by atoms with Gasteiger partial charge in [0.25, 0.3) is 0 Å². The number of amides is 2. The maximum Gasteiger partial charge on any atom is 0.325 e. The summed E-state index contributed by atoms with van der Waals surface area (Å²) in [7, 11) is 0. The molecule has 0 saturated carbocycles. The molecule has 1 aromatic heterocycles. The predicted molar refractivity (Wildman–Crippen MR) is 68.8 cm³/mol. The highest BCUT2D eigenvalue weighted by Crippen LogP contribution is 1.96. The van der Waals surface area contributed by atoms with Crippen molar-refractivity contribution in [2.24, 2.45) is 0 Å². The maximum atomic E-state index is 11.8. The molecule has 112 valence electrons. The zero-order valence-corrected chi connectivity index (χ0v) is 11.3. The third-order valence-electron chi connectivity index (χ3n) is 2.45. The number of hydrogen-bond acceptors (Lipinski definition) is 5. The van der Waals surface area contributed by atoms with E-state index in [1.54, 1.807) is 0 Å². The first-order valence-electron chi connectivity index (χ1n) is 6.31. The molecule has 9 heteroatoms. The molecule has 0 bridgehead atoms. The van der Waals surface area contributed by atoms with Gasteiger partial charge in [-0.05, 0) is 6.42 Å². The normalized spacial score (nSPS) is 10.3. The summed E-state index contributed by atoms with van der Waals surface area (Å²) < 4.78 is 1.18. The van der Waals surface area contributed by atoms with E-state index in [2.05, 4.69) is 15.6 Å². The molecule has 9 nitrogen and oxygen atoms in total. The summed E-state index contributed by atoms with van der Waals surface area (Å²) in [6.07, 6.45) is 2.26. The zero-order valence-electron chi connectivity index (χ0n) is 11.3. The Balaban J connectivity index is 2.46. The van der Waals surface area contributed by atoms with Crippen LogP contribution in [-0.4, -0.2) is 61.8 Å². The number of urea groups is 1. The number of aromatic nitrogens is 3. The summed E-state index contributed by atoms with van der Waals surface area (Å²) in [5, 5.41) is 27.5. The molecule has 0 saturated heterocycles. The van der Waals surface area contributed by atoms with E-state index < -0.39 is 5.97 Å². The Hall–Kier alpha value is -2.16. The van der Waals surface area contributed by atoms with Gasteiger partial charge in [0.1, 0.15) is 12.2 Å². The number of nitrogens with one attached hydrogen (secondary N) is 1. The average Bonchev–Trinajstić information content (AvgIpc) is 2.82. The van der Waals surface area contributed by atoms with Crippen molar-refractivity contribution in [3.05, 3.63) is 11.9 Å². The van der Waals surface area contributed by atoms with E-state index in [4.69, 9.17) is 10.2 Å². The van der Waals surface area contributed by atoms with E-state index in [9.17, 15) is 9.59 Å². The van der Waals surface area contributed by atoms with Crippen LogP contribution in [0.1, 0.15) is 19.0 Å². The molecule has 0 aliphatic carbocycles. The van der Waals surface area contributed by atoms with Crippen molar-refractivity contribution >= 4 is 12.0 Å². The smallest absolute Gasteiger partial charge is 0.325 e. The van der Waals surface area contributed by atoms with Gasteiger partial charge in [0, 0.05) is 13.1 Å². The molecule has 0 radical (unpaired) electrons. The van der Waals surface area contributed by atoms with Crippen molar-refractivity contribution in [3.63, 3.8) is 0 Å². The summed E-state index contributed by atoms with van der Waals surface area (Å²) in [5.41, 5.74) is 0.472. The lowest BCUT2D eigenvalue weighted by Gasteiger charge is -2.21. The first-order valence-corrected chi connectivity index (χ1v) is 6.31. The van der Waals surface area contributed by atoms with Gasteiger partial charge in [-0.1, -0.05) is 12.1 Å². The molecule has 0 unspecified atom stereocenters. The second-order valence-corrected chi connectivity index (χ2v) is 4.17. The minimum Gasteiger partial charge on any atom is -0.480 e. The highest BCUT2D eigenvalue weighted by Gasteiger charge is 2.12. The Bertz CT molecular complexity index is 442. The van der Waals surface area contributed by atoms with Gasteiger partial charge in [0.2, 0.25) is 0 Å². The summed E-state index contributed by atoms with van der Waals surface area (Å²) in [5.74, 6) is -1.01. The van der Waals surface area contributed by atoms with Crippen molar-refractivity contribution in [3.8, 4) is 0 Å². The van der Waals surface area contributed by atoms with Crippen molar-refractivity contribution < 1.29 is 19.8 Å². The fourth-order valence-corrected chi connectivity index (χ4v) is 1.62. The van der Waals surface area contributed by atoms with Crippen LogP contribution in [0.5, 0.6) is 0 Å². The number of carbonyl (C=O) groups is 2. The van der Waals surface area contributed by atoms with E-state index >= 15 is 0 Å². The topological polar surface area (TPSA) is 121 Å². The van der Waals surface area contributed by atoms with Crippen molar-refractivity contribution in [2.45, 2.75) is 26.4 Å². The summed E-state index contributed by atoms with van der Waals surface area (Å²) in [6, 6.07) is -0.298. The third kappa shape index (κ3) is 5.22. The van der Waals surface area contributed by atoms with Gasteiger partial charge in [0.05, 0.1) is 19.3 Å². The summed E-state index contributed by atoms with van der Waals surface area (Å²) in [4.78, 5) is 23.8. The van der Waals surface area contributed by atoms with Gasteiger partial charge in [-0.15, -0.1) is 5.10 Å². The van der Waals surface area contributed by atoms with Gasteiger partial charge in [-0.25, -0.2) is 9.48 Å². The van der Waals surface area contributed by atoms with Crippen LogP contribution in [0.15, 0.2) is 6.20 Å². The fraction of sp³-hybridized carbons (Fsp3) is 0.636. The molecule has 3 N–H and O–H groups in total. The summed E-state index contributed by atoms with van der Waals surface area (Å²) >= 11 is 0. The number of carboxylic acid groups (broad SMARTS) is 1. The van der Waals surface area contributed by atoms with E-state index in [1.165, 1.54) is 15.8 Å². The molecule has 0 aromatic carbocycles. The molecule has 0 aliphatic rings. The van der Waals surface area contributed by atoms with Crippen molar-refractivity contribution in [1.29, 1.82) is 0 Å². The first kappa shape index (κ1) is 15.9. The molecule has 1 rings (SSSR count). The van der Waals surface area contributed by atoms with Crippen molar-refractivity contribution in [1.82, 2.24) is 25.2 Å². The molecule has 2 amide bonds. The minimum absolute atomic E-state index is 0.0950. The van der Waals surface area contributed by atoms with E-state index in [0.29, 0.717) is 12.2 Å². The lowest BCUT2D eigenvalue weighted by Crippen LogP contribution is -2.41. The molecule has 0 atom stereocenters. The Kier molecular flexibility index (Phi) is 6.44. The molecule has 0 fully saturated rings. The van der Waals surface area contributed by atoms with Crippen LogP contribution in [0.3, 0.4) is 0 Å².